The lowest BCUT2D eigenvalue weighted by Gasteiger charge is -2.18. The molecule has 0 saturated carbocycles. The normalized spacial score (nSPS) is 17.0. The Morgan fingerprint density at radius 2 is 2.00 bits per heavy atom. The van der Waals surface area contributed by atoms with Gasteiger partial charge in [0.05, 0.1) is 0 Å². The van der Waals surface area contributed by atoms with Crippen molar-refractivity contribution in [1.29, 1.82) is 0 Å². The van der Waals surface area contributed by atoms with Gasteiger partial charge in [-0.1, -0.05) is 13.8 Å². The Labute approximate surface area is 92.1 Å². The molecule has 2 aromatic rings. The Kier molecular flexibility index (Phi) is 1.69. The molecule has 1 aliphatic carbocycles. The number of benzene rings is 1. The Balaban J connectivity index is 2.52. The zero-order chi connectivity index (χ0) is 11.5. The Bertz CT molecular complexity index is 602. The molecule has 0 radical (unpaired) electrons. The first-order valence-corrected chi connectivity index (χ1v) is 5.26. The van der Waals surface area contributed by atoms with E-state index in [0.717, 1.165) is 22.9 Å². The van der Waals surface area contributed by atoms with Crippen molar-refractivity contribution in [3.63, 3.8) is 0 Å². The van der Waals surface area contributed by atoms with Gasteiger partial charge >= 0.3 is 0 Å². The summed E-state index contributed by atoms with van der Waals surface area (Å²) < 4.78 is 27.0. The van der Waals surface area contributed by atoms with Gasteiger partial charge < -0.3 is 0 Å². The van der Waals surface area contributed by atoms with Crippen molar-refractivity contribution in [3.05, 3.63) is 41.2 Å². The van der Waals surface area contributed by atoms with E-state index in [9.17, 15) is 8.78 Å². The summed E-state index contributed by atoms with van der Waals surface area (Å²) in [4.78, 5) is 4.01. The summed E-state index contributed by atoms with van der Waals surface area (Å²) in [6.45, 7) is 4.14. The van der Waals surface area contributed by atoms with Gasteiger partial charge in [-0.05, 0) is 34.4 Å². The maximum atomic E-state index is 13.6. The van der Waals surface area contributed by atoms with Gasteiger partial charge in [-0.2, -0.15) is 0 Å². The molecule has 3 heteroatoms. The molecular weight excluding hydrogens is 208 g/mol. The predicted molar refractivity (Wildman–Crippen MR) is 58.4 cm³/mol. The minimum Gasteiger partial charge on any atom is -0.264 e. The fraction of sp³-hybridized carbons (Fsp3) is 0.308. The molecule has 1 aromatic carbocycles. The topological polar surface area (TPSA) is 12.9 Å². The van der Waals surface area contributed by atoms with Crippen molar-refractivity contribution >= 4 is 10.8 Å². The van der Waals surface area contributed by atoms with E-state index in [4.69, 9.17) is 0 Å². The van der Waals surface area contributed by atoms with E-state index in [2.05, 4.69) is 18.8 Å². The van der Waals surface area contributed by atoms with Crippen molar-refractivity contribution in [3.8, 4) is 0 Å². The number of pyridine rings is 1. The summed E-state index contributed by atoms with van der Waals surface area (Å²) >= 11 is 0. The molecule has 1 aromatic heterocycles. The third-order valence-electron chi connectivity index (χ3n) is 3.38. The molecule has 0 bridgehead atoms. The maximum Gasteiger partial charge on any atom is 0.168 e. The smallest absolute Gasteiger partial charge is 0.168 e. The highest BCUT2D eigenvalue weighted by atomic mass is 19.2. The molecule has 0 atom stereocenters. The molecule has 82 valence electrons. The number of rotatable bonds is 0. The second-order valence-electron chi connectivity index (χ2n) is 5.00. The number of nitrogens with zero attached hydrogens (tertiary/aromatic N) is 1. The van der Waals surface area contributed by atoms with Gasteiger partial charge in [0.2, 0.25) is 0 Å². The first kappa shape index (κ1) is 9.70. The molecule has 1 nitrogen and oxygen atoms in total. The maximum absolute atomic E-state index is 13.6. The van der Waals surface area contributed by atoms with Gasteiger partial charge in [0, 0.05) is 17.8 Å². The first-order valence-electron chi connectivity index (χ1n) is 5.26. The van der Waals surface area contributed by atoms with Crippen LogP contribution in [0, 0.1) is 11.6 Å². The quantitative estimate of drug-likeness (QED) is 0.662. The van der Waals surface area contributed by atoms with Gasteiger partial charge in [-0.15, -0.1) is 0 Å². The molecule has 0 spiro atoms. The molecule has 16 heavy (non-hydrogen) atoms. The van der Waals surface area contributed by atoms with Crippen molar-refractivity contribution in [2.24, 2.45) is 0 Å². The number of halogens is 2. The van der Waals surface area contributed by atoms with E-state index >= 15 is 0 Å². The molecule has 0 saturated heterocycles. The minimum absolute atomic E-state index is 0.0882. The third kappa shape index (κ3) is 1.06. The fourth-order valence-electron chi connectivity index (χ4n) is 2.61. The van der Waals surface area contributed by atoms with Crippen LogP contribution in [0.4, 0.5) is 8.78 Å². The van der Waals surface area contributed by atoms with E-state index in [1.807, 2.05) is 0 Å². The molecule has 1 heterocycles. The average molecular weight is 219 g/mol. The highest BCUT2D eigenvalue weighted by Gasteiger charge is 2.33. The van der Waals surface area contributed by atoms with Crippen molar-refractivity contribution < 1.29 is 8.78 Å². The van der Waals surface area contributed by atoms with Crippen LogP contribution >= 0.6 is 0 Å². The van der Waals surface area contributed by atoms with Crippen LogP contribution in [0.2, 0.25) is 0 Å². The molecule has 0 aliphatic heterocycles. The third-order valence-corrected chi connectivity index (χ3v) is 3.38. The van der Waals surface area contributed by atoms with Gasteiger partial charge in [0.25, 0.3) is 0 Å². The Hall–Kier alpha value is -1.51. The largest absolute Gasteiger partial charge is 0.264 e. The summed E-state index contributed by atoms with van der Waals surface area (Å²) in [7, 11) is 0. The molecule has 3 rings (SSSR count). The molecular formula is C13H11F2N. The van der Waals surface area contributed by atoms with Crippen molar-refractivity contribution in [1.82, 2.24) is 4.98 Å². The highest BCUT2D eigenvalue weighted by Crippen LogP contribution is 2.42. The van der Waals surface area contributed by atoms with E-state index in [1.54, 1.807) is 6.20 Å². The molecule has 0 amide bonds. The first-order chi connectivity index (χ1) is 7.50. The summed E-state index contributed by atoms with van der Waals surface area (Å²) in [5.41, 5.74) is 1.81. The van der Waals surface area contributed by atoms with Crippen molar-refractivity contribution in [2.45, 2.75) is 25.7 Å². The highest BCUT2D eigenvalue weighted by molar-refractivity contribution is 5.91. The van der Waals surface area contributed by atoms with Crippen LogP contribution in [0.3, 0.4) is 0 Å². The number of hydrogen-bond acceptors (Lipinski definition) is 1. The molecule has 0 fully saturated rings. The summed E-state index contributed by atoms with van der Waals surface area (Å²) in [5, 5.41) is 1.15. The standard InChI is InChI=1S/C13H11F2N/c1-13(2)4-7-3-10(14)12(15)8-5-16-6-9(13)11(7)8/h3,5-6H,4H2,1-2H3. The SMILES string of the molecule is CC1(C)Cc2cc(F)c(F)c3cncc1c23. The van der Waals surface area contributed by atoms with E-state index < -0.39 is 11.6 Å². The lowest BCUT2D eigenvalue weighted by Crippen LogP contribution is -2.14. The summed E-state index contributed by atoms with van der Waals surface area (Å²) in [5.74, 6) is -1.56. The van der Waals surface area contributed by atoms with Crippen LogP contribution in [0.15, 0.2) is 18.5 Å². The van der Waals surface area contributed by atoms with Gasteiger partial charge in [0.15, 0.2) is 11.6 Å². The van der Waals surface area contributed by atoms with Crippen LogP contribution in [0.1, 0.15) is 25.0 Å². The van der Waals surface area contributed by atoms with Gasteiger partial charge in [-0.3, -0.25) is 4.98 Å². The lowest BCUT2D eigenvalue weighted by molar-refractivity contribution is 0.513. The molecule has 1 aliphatic rings. The Morgan fingerprint density at radius 1 is 1.25 bits per heavy atom. The zero-order valence-electron chi connectivity index (χ0n) is 9.14. The van der Waals surface area contributed by atoms with Gasteiger partial charge in [0.1, 0.15) is 0 Å². The van der Waals surface area contributed by atoms with E-state index in [-0.39, 0.29) is 5.41 Å². The summed E-state index contributed by atoms with van der Waals surface area (Å²) in [6.07, 6.45) is 3.90. The van der Waals surface area contributed by atoms with Crippen LogP contribution in [-0.4, -0.2) is 4.98 Å². The van der Waals surface area contributed by atoms with E-state index in [1.165, 1.54) is 12.3 Å². The molecule has 0 unspecified atom stereocenters. The lowest BCUT2D eigenvalue weighted by atomic mass is 9.86. The fourth-order valence-corrected chi connectivity index (χ4v) is 2.61. The predicted octanol–water partition coefficient (Wildman–Crippen LogP) is 3.35. The minimum atomic E-state index is -0.786. The van der Waals surface area contributed by atoms with Crippen LogP contribution in [0.25, 0.3) is 10.8 Å². The van der Waals surface area contributed by atoms with E-state index in [0.29, 0.717) is 5.39 Å². The second-order valence-corrected chi connectivity index (χ2v) is 5.00. The van der Waals surface area contributed by atoms with Crippen LogP contribution < -0.4 is 0 Å². The molecule has 0 N–H and O–H groups in total. The van der Waals surface area contributed by atoms with Gasteiger partial charge in [-0.25, -0.2) is 8.78 Å². The summed E-state index contributed by atoms with van der Waals surface area (Å²) in [6, 6.07) is 1.32. The second kappa shape index (κ2) is 2.78. The number of aromatic nitrogens is 1. The van der Waals surface area contributed by atoms with Crippen LogP contribution in [0.5, 0.6) is 0 Å². The average Bonchev–Trinajstić information content (AvgIpc) is 2.48. The van der Waals surface area contributed by atoms with Crippen LogP contribution in [-0.2, 0) is 11.8 Å². The monoisotopic (exact) mass is 219 g/mol. The Morgan fingerprint density at radius 3 is 2.75 bits per heavy atom. The van der Waals surface area contributed by atoms with Crippen molar-refractivity contribution in [2.75, 3.05) is 0 Å². The number of hydrogen-bond donors (Lipinski definition) is 0. The zero-order valence-corrected chi connectivity index (χ0v) is 9.14.